The number of carbonyl (C=O) groups excluding carboxylic acids is 1. The van der Waals surface area contributed by atoms with Crippen LogP contribution < -0.4 is 5.32 Å². The van der Waals surface area contributed by atoms with Crippen molar-refractivity contribution in [2.75, 3.05) is 5.32 Å². The fourth-order valence-corrected chi connectivity index (χ4v) is 1.89. The number of hydrogen-bond acceptors (Lipinski definition) is 2. The molecule has 0 aliphatic carbocycles. The predicted octanol–water partition coefficient (Wildman–Crippen LogP) is 1.76. The normalized spacial score (nSPS) is 23.5. The molecule has 1 aromatic carbocycles. The Hall–Kier alpha value is -1.49. The van der Waals surface area contributed by atoms with E-state index in [9.17, 15) is 18.7 Å². The van der Waals surface area contributed by atoms with Crippen LogP contribution in [0.4, 0.5) is 14.5 Å². The van der Waals surface area contributed by atoms with Crippen molar-refractivity contribution in [2.45, 2.75) is 19.4 Å². The Balaban J connectivity index is 2.68. The molecule has 0 aromatic heterocycles. The largest absolute Gasteiger partial charge is 0.375 e. The lowest BCUT2D eigenvalue weighted by Gasteiger charge is -2.24. The molecule has 3 nitrogen and oxygen atoms in total. The second kappa shape index (κ2) is 3.25. The number of rotatable bonds is 1. The zero-order valence-electron chi connectivity index (χ0n) is 8.84. The number of nitrogens with one attached hydrogen (secondary N) is 1. The van der Waals surface area contributed by atoms with Crippen molar-refractivity contribution < 1.29 is 18.7 Å². The minimum absolute atomic E-state index is 0.0893. The molecule has 2 N–H and O–H groups in total. The van der Waals surface area contributed by atoms with E-state index in [1.165, 1.54) is 6.07 Å². The summed E-state index contributed by atoms with van der Waals surface area (Å²) in [5.74, 6) is -3.34. The molecule has 86 valence electrons. The summed E-state index contributed by atoms with van der Waals surface area (Å²) in [5, 5.41) is 12.4. The summed E-state index contributed by atoms with van der Waals surface area (Å²) in [6, 6.07) is 2.13. The Morgan fingerprint density at radius 1 is 1.38 bits per heavy atom. The Morgan fingerprint density at radius 3 is 2.56 bits per heavy atom. The molecule has 1 aromatic rings. The zero-order chi connectivity index (χ0) is 12.1. The molecule has 2 rings (SSSR count). The van der Waals surface area contributed by atoms with Gasteiger partial charge in [-0.1, -0.05) is 19.9 Å². The van der Waals surface area contributed by atoms with E-state index in [-0.39, 0.29) is 11.3 Å². The van der Waals surface area contributed by atoms with Crippen LogP contribution in [0.15, 0.2) is 12.1 Å². The third kappa shape index (κ3) is 1.18. The van der Waals surface area contributed by atoms with Gasteiger partial charge in [-0.3, -0.25) is 4.79 Å². The summed E-state index contributed by atoms with van der Waals surface area (Å²) in [6.45, 7) is 3.27. The fraction of sp³-hybridized carbons (Fsp3) is 0.364. The van der Waals surface area contributed by atoms with E-state index < -0.39 is 29.1 Å². The van der Waals surface area contributed by atoms with Crippen molar-refractivity contribution in [1.29, 1.82) is 0 Å². The topological polar surface area (TPSA) is 49.3 Å². The van der Waals surface area contributed by atoms with Crippen molar-refractivity contribution in [2.24, 2.45) is 5.92 Å². The monoisotopic (exact) mass is 227 g/mol. The van der Waals surface area contributed by atoms with Crippen LogP contribution in [0.2, 0.25) is 0 Å². The van der Waals surface area contributed by atoms with Crippen LogP contribution in [0.5, 0.6) is 0 Å². The maximum Gasteiger partial charge on any atom is 0.261 e. The molecule has 1 atom stereocenters. The minimum Gasteiger partial charge on any atom is -0.375 e. The number of carbonyl (C=O) groups is 1. The highest BCUT2D eigenvalue weighted by molar-refractivity contribution is 6.05. The highest BCUT2D eigenvalue weighted by Crippen LogP contribution is 2.42. The molecule has 1 heterocycles. The lowest BCUT2D eigenvalue weighted by atomic mass is 9.84. The van der Waals surface area contributed by atoms with Gasteiger partial charge in [0, 0.05) is 5.56 Å². The molecule has 1 aliphatic heterocycles. The Bertz CT molecular complexity index is 473. The number of aliphatic hydroxyl groups is 1. The van der Waals surface area contributed by atoms with Gasteiger partial charge in [0.05, 0.1) is 5.69 Å². The van der Waals surface area contributed by atoms with E-state index in [0.29, 0.717) is 0 Å². The molecular formula is C11H11F2NO2. The van der Waals surface area contributed by atoms with E-state index in [1.807, 2.05) is 0 Å². The molecule has 0 bridgehead atoms. The van der Waals surface area contributed by atoms with E-state index >= 15 is 0 Å². The molecule has 0 fully saturated rings. The number of fused-ring (bicyclic) bond motifs is 1. The third-order valence-electron chi connectivity index (χ3n) is 2.93. The summed E-state index contributed by atoms with van der Waals surface area (Å²) in [7, 11) is 0. The first-order valence-electron chi connectivity index (χ1n) is 4.91. The molecule has 1 unspecified atom stereocenters. The van der Waals surface area contributed by atoms with Gasteiger partial charge in [0.15, 0.2) is 17.2 Å². The van der Waals surface area contributed by atoms with Crippen LogP contribution in [-0.2, 0) is 10.4 Å². The summed E-state index contributed by atoms with van der Waals surface area (Å²) in [5.41, 5.74) is -1.96. The lowest BCUT2D eigenvalue weighted by Crippen LogP contribution is -2.39. The van der Waals surface area contributed by atoms with Crippen LogP contribution in [-0.4, -0.2) is 11.0 Å². The number of halogens is 2. The quantitative estimate of drug-likeness (QED) is 0.768. The van der Waals surface area contributed by atoms with Gasteiger partial charge >= 0.3 is 0 Å². The van der Waals surface area contributed by atoms with E-state index in [4.69, 9.17) is 0 Å². The maximum atomic E-state index is 13.4. The van der Waals surface area contributed by atoms with E-state index in [0.717, 1.165) is 6.07 Å². The van der Waals surface area contributed by atoms with Crippen LogP contribution in [0.3, 0.4) is 0 Å². The number of amides is 1. The molecule has 5 heteroatoms. The Kier molecular flexibility index (Phi) is 2.24. The number of anilines is 1. The summed E-state index contributed by atoms with van der Waals surface area (Å²) < 4.78 is 26.3. The van der Waals surface area contributed by atoms with Gasteiger partial charge in [0.25, 0.3) is 5.91 Å². The SMILES string of the molecule is CC(C)C1(O)C(=O)Nc2c1ccc(F)c2F. The van der Waals surface area contributed by atoms with Crippen LogP contribution in [0, 0.1) is 17.6 Å². The van der Waals surface area contributed by atoms with Gasteiger partial charge in [-0.25, -0.2) is 8.78 Å². The van der Waals surface area contributed by atoms with Crippen molar-refractivity contribution >= 4 is 11.6 Å². The van der Waals surface area contributed by atoms with Crippen molar-refractivity contribution in [3.8, 4) is 0 Å². The lowest BCUT2D eigenvalue weighted by molar-refractivity contribution is -0.138. The van der Waals surface area contributed by atoms with Crippen LogP contribution in [0.25, 0.3) is 0 Å². The zero-order valence-corrected chi connectivity index (χ0v) is 8.84. The summed E-state index contributed by atoms with van der Waals surface area (Å²) in [4.78, 5) is 11.6. The molecule has 1 aliphatic rings. The summed E-state index contributed by atoms with van der Waals surface area (Å²) in [6.07, 6.45) is 0. The highest BCUT2D eigenvalue weighted by Gasteiger charge is 2.49. The highest BCUT2D eigenvalue weighted by atomic mass is 19.2. The first-order valence-corrected chi connectivity index (χ1v) is 4.91. The van der Waals surface area contributed by atoms with Crippen molar-refractivity contribution in [3.63, 3.8) is 0 Å². The standard InChI is InChI=1S/C11H11F2NO2/c1-5(2)11(16)6-3-4-7(12)8(13)9(6)14-10(11)15/h3-5,16H,1-2H3,(H,14,15). The Labute approximate surface area is 91.1 Å². The second-order valence-electron chi connectivity index (χ2n) is 4.16. The minimum atomic E-state index is -1.79. The molecule has 0 saturated carbocycles. The number of benzene rings is 1. The average Bonchev–Trinajstić information content (AvgIpc) is 2.48. The molecule has 0 radical (unpaired) electrons. The van der Waals surface area contributed by atoms with Crippen molar-refractivity contribution in [3.05, 3.63) is 29.3 Å². The van der Waals surface area contributed by atoms with Crippen LogP contribution >= 0.6 is 0 Å². The summed E-state index contributed by atoms with van der Waals surface area (Å²) >= 11 is 0. The molecule has 0 spiro atoms. The first kappa shape index (κ1) is 11.0. The molecule has 1 amide bonds. The molecule has 16 heavy (non-hydrogen) atoms. The van der Waals surface area contributed by atoms with Gasteiger partial charge in [-0.05, 0) is 12.0 Å². The predicted molar refractivity (Wildman–Crippen MR) is 53.7 cm³/mol. The second-order valence-corrected chi connectivity index (χ2v) is 4.16. The average molecular weight is 227 g/mol. The first-order chi connectivity index (χ1) is 7.39. The third-order valence-corrected chi connectivity index (χ3v) is 2.93. The number of hydrogen-bond donors (Lipinski definition) is 2. The van der Waals surface area contributed by atoms with Crippen LogP contribution in [0.1, 0.15) is 19.4 Å². The maximum absolute atomic E-state index is 13.4. The van der Waals surface area contributed by atoms with Gasteiger partial charge in [-0.15, -0.1) is 0 Å². The van der Waals surface area contributed by atoms with Crippen molar-refractivity contribution in [1.82, 2.24) is 0 Å². The van der Waals surface area contributed by atoms with Gasteiger partial charge < -0.3 is 10.4 Å². The van der Waals surface area contributed by atoms with Gasteiger partial charge in [-0.2, -0.15) is 0 Å². The fourth-order valence-electron chi connectivity index (χ4n) is 1.89. The van der Waals surface area contributed by atoms with Gasteiger partial charge in [0.1, 0.15) is 0 Å². The molecular weight excluding hydrogens is 216 g/mol. The molecule has 0 saturated heterocycles. The van der Waals surface area contributed by atoms with E-state index in [1.54, 1.807) is 13.8 Å². The van der Waals surface area contributed by atoms with Gasteiger partial charge in [0.2, 0.25) is 0 Å². The van der Waals surface area contributed by atoms with E-state index in [2.05, 4.69) is 5.32 Å². The smallest absolute Gasteiger partial charge is 0.261 e. The Morgan fingerprint density at radius 2 is 2.00 bits per heavy atom.